The molecule has 1 unspecified atom stereocenters. The third kappa shape index (κ3) is 3.57. The van der Waals surface area contributed by atoms with Crippen molar-refractivity contribution in [3.63, 3.8) is 0 Å². The number of carbonyl (C=O) groups is 2. The third-order valence-corrected chi connectivity index (χ3v) is 3.32. The molecule has 1 aromatic carbocycles. The van der Waals surface area contributed by atoms with Crippen LogP contribution in [0.1, 0.15) is 25.3 Å². The lowest BCUT2D eigenvalue weighted by atomic mass is 10.1. The molecule has 2 amide bonds. The first-order chi connectivity index (χ1) is 9.60. The number of rotatable bonds is 5. The fourth-order valence-electron chi connectivity index (χ4n) is 2.28. The molecule has 0 radical (unpaired) electrons. The normalized spacial score (nSPS) is 18.4. The summed E-state index contributed by atoms with van der Waals surface area (Å²) >= 11 is 0. The van der Waals surface area contributed by atoms with Crippen molar-refractivity contribution in [3.8, 4) is 5.75 Å². The van der Waals surface area contributed by atoms with E-state index in [0.717, 1.165) is 11.3 Å². The van der Waals surface area contributed by atoms with Gasteiger partial charge in [-0.05, 0) is 31.0 Å². The molecule has 0 aromatic heterocycles. The van der Waals surface area contributed by atoms with E-state index in [1.165, 1.54) is 4.90 Å². The first-order valence-corrected chi connectivity index (χ1v) is 6.90. The molecule has 1 heterocycles. The number of benzene rings is 1. The monoisotopic (exact) mass is 276 g/mol. The number of aryl methyl sites for hydroxylation is 1. The van der Waals surface area contributed by atoms with E-state index in [0.29, 0.717) is 26.0 Å². The van der Waals surface area contributed by atoms with Gasteiger partial charge in [-0.15, -0.1) is 0 Å². The molecular formula is C15H20N2O3. The van der Waals surface area contributed by atoms with Crippen molar-refractivity contribution in [3.05, 3.63) is 29.8 Å². The highest BCUT2D eigenvalue weighted by molar-refractivity contribution is 5.97. The Bertz CT molecular complexity index is 484. The Hall–Kier alpha value is -1.88. The standard InChI is InChI=1S/C15H20N2O3/c1-2-20-13-6-3-11(4-7-13)5-8-14(18)17-10-12(16)9-15(17)19/h3-4,6-7,12H,2,5,8-10,16H2,1H3. The van der Waals surface area contributed by atoms with Gasteiger partial charge in [-0.2, -0.15) is 0 Å². The van der Waals surface area contributed by atoms with Crippen LogP contribution in [0.15, 0.2) is 24.3 Å². The van der Waals surface area contributed by atoms with Crippen molar-refractivity contribution >= 4 is 11.8 Å². The Labute approximate surface area is 118 Å². The van der Waals surface area contributed by atoms with Crippen molar-refractivity contribution in [2.45, 2.75) is 32.2 Å². The Morgan fingerprint density at radius 1 is 1.40 bits per heavy atom. The molecule has 1 aliphatic rings. The second kappa shape index (κ2) is 6.52. The molecular weight excluding hydrogens is 256 g/mol. The van der Waals surface area contributed by atoms with E-state index >= 15 is 0 Å². The number of ether oxygens (including phenoxy) is 1. The Balaban J connectivity index is 1.85. The summed E-state index contributed by atoms with van der Waals surface area (Å²) in [5.41, 5.74) is 6.73. The number of nitrogens with two attached hydrogens (primary N) is 1. The van der Waals surface area contributed by atoms with E-state index in [2.05, 4.69) is 0 Å². The molecule has 5 heteroatoms. The Morgan fingerprint density at radius 3 is 2.65 bits per heavy atom. The minimum absolute atomic E-state index is 0.142. The van der Waals surface area contributed by atoms with Gasteiger partial charge >= 0.3 is 0 Å². The third-order valence-electron chi connectivity index (χ3n) is 3.32. The van der Waals surface area contributed by atoms with Gasteiger partial charge in [-0.25, -0.2) is 0 Å². The summed E-state index contributed by atoms with van der Waals surface area (Å²) in [6.45, 7) is 2.92. The summed E-state index contributed by atoms with van der Waals surface area (Å²) in [7, 11) is 0. The average Bonchev–Trinajstić information content (AvgIpc) is 2.77. The molecule has 1 saturated heterocycles. The first kappa shape index (κ1) is 14.5. The molecule has 2 N–H and O–H groups in total. The highest BCUT2D eigenvalue weighted by Gasteiger charge is 2.31. The van der Waals surface area contributed by atoms with Crippen molar-refractivity contribution in [2.75, 3.05) is 13.2 Å². The fourth-order valence-corrected chi connectivity index (χ4v) is 2.28. The molecule has 0 spiro atoms. The maximum Gasteiger partial charge on any atom is 0.230 e. The van der Waals surface area contributed by atoms with Gasteiger partial charge in [0.25, 0.3) is 0 Å². The van der Waals surface area contributed by atoms with Crippen LogP contribution in [0.2, 0.25) is 0 Å². The molecule has 1 fully saturated rings. The zero-order valence-corrected chi connectivity index (χ0v) is 11.7. The molecule has 5 nitrogen and oxygen atoms in total. The zero-order chi connectivity index (χ0) is 14.5. The topological polar surface area (TPSA) is 72.6 Å². The van der Waals surface area contributed by atoms with Crippen LogP contribution in [0, 0.1) is 0 Å². The molecule has 1 atom stereocenters. The summed E-state index contributed by atoms with van der Waals surface area (Å²) in [6.07, 6.45) is 1.21. The maximum atomic E-state index is 12.0. The summed E-state index contributed by atoms with van der Waals surface area (Å²) in [6, 6.07) is 7.45. The summed E-state index contributed by atoms with van der Waals surface area (Å²) in [5.74, 6) is 0.522. The first-order valence-electron chi connectivity index (χ1n) is 6.90. The molecule has 0 bridgehead atoms. The van der Waals surface area contributed by atoms with Gasteiger partial charge in [0, 0.05) is 25.4 Å². The number of carbonyl (C=O) groups excluding carboxylic acids is 2. The molecule has 1 aliphatic heterocycles. The van der Waals surface area contributed by atoms with Crippen LogP contribution in [0.25, 0.3) is 0 Å². The lowest BCUT2D eigenvalue weighted by Crippen LogP contribution is -2.34. The largest absolute Gasteiger partial charge is 0.494 e. The lowest BCUT2D eigenvalue weighted by Gasteiger charge is -2.13. The van der Waals surface area contributed by atoms with Crippen molar-refractivity contribution in [2.24, 2.45) is 5.73 Å². The van der Waals surface area contributed by atoms with Crippen LogP contribution in [0.3, 0.4) is 0 Å². The van der Waals surface area contributed by atoms with Gasteiger partial charge in [0.1, 0.15) is 5.75 Å². The number of hydrogen-bond donors (Lipinski definition) is 1. The molecule has 0 saturated carbocycles. The van der Waals surface area contributed by atoms with Crippen molar-refractivity contribution in [1.82, 2.24) is 4.90 Å². The summed E-state index contributed by atoms with van der Waals surface area (Å²) in [5, 5.41) is 0. The number of amides is 2. The fraction of sp³-hybridized carbons (Fsp3) is 0.467. The highest BCUT2D eigenvalue weighted by atomic mass is 16.5. The van der Waals surface area contributed by atoms with Crippen LogP contribution >= 0.6 is 0 Å². The van der Waals surface area contributed by atoms with Crippen molar-refractivity contribution < 1.29 is 14.3 Å². The van der Waals surface area contributed by atoms with E-state index in [1.807, 2.05) is 31.2 Å². The molecule has 1 aromatic rings. The van der Waals surface area contributed by atoms with Gasteiger partial charge in [0.05, 0.1) is 6.61 Å². The Morgan fingerprint density at radius 2 is 2.10 bits per heavy atom. The van der Waals surface area contributed by atoms with E-state index in [9.17, 15) is 9.59 Å². The Kier molecular flexibility index (Phi) is 4.74. The van der Waals surface area contributed by atoms with E-state index < -0.39 is 0 Å². The van der Waals surface area contributed by atoms with Gasteiger partial charge in [-0.1, -0.05) is 12.1 Å². The summed E-state index contributed by atoms with van der Waals surface area (Å²) < 4.78 is 5.36. The second-order valence-corrected chi connectivity index (χ2v) is 4.94. The van der Waals surface area contributed by atoms with Gasteiger partial charge in [-0.3, -0.25) is 14.5 Å². The predicted octanol–water partition coefficient (Wildman–Crippen LogP) is 1.10. The molecule has 108 valence electrons. The van der Waals surface area contributed by atoms with Crippen LogP contribution in [-0.4, -0.2) is 35.9 Å². The van der Waals surface area contributed by atoms with E-state index in [4.69, 9.17) is 10.5 Å². The highest BCUT2D eigenvalue weighted by Crippen LogP contribution is 2.15. The molecule has 0 aliphatic carbocycles. The quantitative estimate of drug-likeness (QED) is 0.874. The summed E-state index contributed by atoms with van der Waals surface area (Å²) in [4.78, 5) is 24.8. The van der Waals surface area contributed by atoms with Crippen LogP contribution in [0.5, 0.6) is 5.75 Å². The van der Waals surface area contributed by atoms with Crippen LogP contribution < -0.4 is 10.5 Å². The minimum atomic E-state index is -0.211. The number of hydrogen-bond acceptors (Lipinski definition) is 4. The number of imide groups is 1. The van der Waals surface area contributed by atoms with Crippen LogP contribution in [0.4, 0.5) is 0 Å². The lowest BCUT2D eigenvalue weighted by molar-refractivity contribution is -0.141. The van der Waals surface area contributed by atoms with Crippen LogP contribution in [-0.2, 0) is 16.0 Å². The maximum absolute atomic E-state index is 12.0. The second-order valence-electron chi connectivity index (χ2n) is 4.94. The zero-order valence-electron chi connectivity index (χ0n) is 11.7. The van der Waals surface area contributed by atoms with Gasteiger partial charge < -0.3 is 10.5 Å². The molecule has 20 heavy (non-hydrogen) atoms. The van der Waals surface area contributed by atoms with Gasteiger partial charge in [0.15, 0.2) is 0 Å². The minimum Gasteiger partial charge on any atom is -0.494 e. The smallest absolute Gasteiger partial charge is 0.230 e. The predicted molar refractivity (Wildman–Crippen MR) is 75.2 cm³/mol. The van der Waals surface area contributed by atoms with E-state index in [-0.39, 0.29) is 24.3 Å². The number of nitrogens with zero attached hydrogens (tertiary/aromatic N) is 1. The van der Waals surface area contributed by atoms with Gasteiger partial charge in [0.2, 0.25) is 11.8 Å². The number of likely N-dealkylation sites (tertiary alicyclic amines) is 1. The van der Waals surface area contributed by atoms with E-state index in [1.54, 1.807) is 0 Å². The average molecular weight is 276 g/mol. The SMILES string of the molecule is CCOc1ccc(CCC(=O)N2CC(N)CC2=O)cc1. The molecule has 2 rings (SSSR count). The van der Waals surface area contributed by atoms with Crippen molar-refractivity contribution in [1.29, 1.82) is 0 Å².